The predicted molar refractivity (Wildman–Crippen MR) is 68.4 cm³/mol. The summed E-state index contributed by atoms with van der Waals surface area (Å²) in [5.41, 5.74) is 1.57. The minimum absolute atomic E-state index is 0.445. The van der Waals surface area contributed by atoms with E-state index >= 15 is 0 Å². The van der Waals surface area contributed by atoms with E-state index in [2.05, 4.69) is 12.2 Å². The highest BCUT2D eigenvalue weighted by atomic mass is 16.5. The molecule has 0 N–H and O–H groups in total. The third-order valence-corrected chi connectivity index (χ3v) is 5.82. The molecule has 0 amide bonds. The molecule has 1 heteroatoms. The van der Waals surface area contributed by atoms with Crippen molar-refractivity contribution in [3.05, 3.63) is 24.0 Å². The summed E-state index contributed by atoms with van der Waals surface area (Å²) in [6, 6.07) is 0. The molecule has 0 radical (unpaired) electrons. The standard InChI is InChI=1S/C16H22O/c1-3-11-6-9-15-14(13(11)5-1)8-7-12-4-2-10-17-16(12)15/h2,4,10-11,13-16H,1,3,5-9H2. The van der Waals surface area contributed by atoms with E-state index in [0.29, 0.717) is 6.10 Å². The number of ether oxygens (including phenoxy) is 1. The fourth-order valence-corrected chi connectivity index (χ4v) is 5.14. The number of fused-ring (bicyclic) bond motifs is 5. The quantitative estimate of drug-likeness (QED) is 0.609. The first-order chi connectivity index (χ1) is 8.43. The predicted octanol–water partition coefficient (Wildman–Crippen LogP) is 4.06. The van der Waals surface area contributed by atoms with Crippen LogP contribution in [-0.4, -0.2) is 6.10 Å². The van der Waals surface area contributed by atoms with Gasteiger partial charge in [0.05, 0.1) is 6.26 Å². The zero-order chi connectivity index (χ0) is 11.2. The molecule has 3 aliphatic carbocycles. The third kappa shape index (κ3) is 1.51. The van der Waals surface area contributed by atoms with Crippen LogP contribution in [-0.2, 0) is 4.74 Å². The largest absolute Gasteiger partial charge is 0.493 e. The molecular weight excluding hydrogens is 208 g/mol. The molecule has 0 aromatic carbocycles. The lowest BCUT2D eigenvalue weighted by Gasteiger charge is -2.47. The summed E-state index contributed by atoms with van der Waals surface area (Å²) in [4.78, 5) is 0. The molecular formula is C16H22O. The first kappa shape index (κ1) is 10.2. The molecule has 5 unspecified atom stereocenters. The fourth-order valence-electron chi connectivity index (χ4n) is 5.14. The molecule has 3 saturated carbocycles. The Morgan fingerprint density at radius 1 is 0.941 bits per heavy atom. The van der Waals surface area contributed by atoms with Crippen molar-refractivity contribution >= 4 is 0 Å². The highest BCUT2D eigenvalue weighted by Gasteiger charge is 2.47. The number of rotatable bonds is 0. The van der Waals surface area contributed by atoms with Gasteiger partial charge in [0.15, 0.2) is 0 Å². The van der Waals surface area contributed by atoms with Gasteiger partial charge < -0.3 is 4.74 Å². The molecule has 17 heavy (non-hydrogen) atoms. The molecule has 0 aromatic heterocycles. The summed E-state index contributed by atoms with van der Waals surface area (Å²) in [5, 5.41) is 0. The number of hydrogen-bond donors (Lipinski definition) is 0. The van der Waals surface area contributed by atoms with Crippen molar-refractivity contribution in [1.82, 2.24) is 0 Å². The van der Waals surface area contributed by atoms with Gasteiger partial charge >= 0.3 is 0 Å². The van der Waals surface area contributed by atoms with E-state index in [1.807, 2.05) is 6.26 Å². The Bertz CT molecular complexity index is 368. The van der Waals surface area contributed by atoms with Crippen molar-refractivity contribution in [2.45, 2.75) is 51.0 Å². The average Bonchev–Trinajstić information content (AvgIpc) is 2.86. The average molecular weight is 230 g/mol. The van der Waals surface area contributed by atoms with E-state index in [4.69, 9.17) is 4.74 Å². The number of allylic oxidation sites excluding steroid dienone is 2. The highest BCUT2D eigenvalue weighted by Crippen LogP contribution is 2.54. The molecule has 0 aromatic rings. The van der Waals surface area contributed by atoms with Crippen LogP contribution in [0.25, 0.3) is 0 Å². The van der Waals surface area contributed by atoms with Gasteiger partial charge in [-0.25, -0.2) is 0 Å². The highest BCUT2D eigenvalue weighted by molar-refractivity contribution is 5.23. The maximum Gasteiger partial charge on any atom is 0.122 e. The van der Waals surface area contributed by atoms with E-state index in [-0.39, 0.29) is 0 Å². The molecule has 1 nitrogen and oxygen atoms in total. The molecule has 4 rings (SSSR count). The Morgan fingerprint density at radius 2 is 1.94 bits per heavy atom. The van der Waals surface area contributed by atoms with Gasteiger partial charge in [-0.05, 0) is 61.5 Å². The van der Waals surface area contributed by atoms with E-state index in [1.54, 1.807) is 5.57 Å². The lowest BCUT2D eigenvalue weighted by atomic mass is 9.60. The second-order valence-corrected chi connectivity index (χ2v) is 6.43. The van der Waals surface area contributed by atoms with Gasteiger partial charge in [-0.15, -0.1) is 0 Å². The fraction of sp³-hybridized carbons (Fsp3) is 0.750. The Kier molecular flexibility index (Phi) is 2.34. The SMILES string of the molecule is C1=COC2C(=C1)CCC1C3CCCC3CCC21. The lowest BCUT2D eigenvalue weighted by Crippen LogP contribution is -2.43. The summed E-state index contributed by atoms with van der Waals surface area (Å²) in [6.45, 7) is 0. The Morgan fingerprint density at radius 3 is 2.94 bits per heavy atom. The van der Waals surface area contributed by atoms with Crippen LogP contribution in [0.5, 0.6) is 0 Å². The van der Waals surface area contributed by atoms with Crippen molar-refractivity contribution < 1.29 is 4.74 Å². The summed E-state index contributed by atoms with van der Waals surface area (Å²) in [5.74, 6) is 3.93. The topological polar surface area (TPSA) is 9.23 Å². The zero-order valence-electron chi connectivity index (χ0n) is 10.5. The molecule has 0 spiro atoms. The molecule has 92 valence electrons. The van der Waals surface area contributed by atoms with Gasteiger partial charge in [-0.3, -0.25) is 0 Å². The van der Waals surface area contributed by atoms with E-state index in [0.717, 1.165) is 23.7 Å². The van der Waals surface area contributed by atoms with Gasteiger partial charge in [-0.2, -0.15) is 0 Å². The van der Waals surface area contributed by atoms with E-state index in [1.165, 1.54) is 44.9 Å². The van der Waals surface area contributed by atoms with Gasteiger partial charge in [0, 0.05) is 5.92 Å². The smallest absolute Gasteiger partial charge is 0.122 e. The summed E-state index contributed by atoms with van der Waals surface area (Å²) in [6.07, 6.45) is 16.9. The molecule has 1 aliphatic heterocycles. The normalized spacial score (nSPS) is 47.5. The molecule has 4 aliphatic rings. The summed E-state index contributed by atoms with van der Waals surface area (Å²) >= 11 is 0. The maximum absolute atomic E-state index is 5.95. The van der Waals surface area contributed by atoms with Crippen molar-refractivity contribution in [3.8, 4) is 0 Å². The monoisotopic (exact) mass is 230 g/mol. The Labute approximate surface area is 104 Å². The van der Waals surface area contributed by atoms with Gasteiger partial charge in [0.1, 0.15) is 6.10 Å². The lowest BCUT2D eigenvalue weighted by molar-refractivity contribution is -0.00855. The van der Waals surface area contributed by atoms with E-state index < -0.39 is 0 Å². The van der Waals surface area contributed by atoms with Crippen LogP contribution >= 0.6 is 0 Å². The van der Waals surface area contributed by atoms with Crippen LogP contribution in [0.3, 0.4) is 0 Å². The first-order valence-corrected chi connectivity index (χ1v) is 7.44. The number of hydrogen-bond acceptors (Lipinski definition) is 1. The minimum Gasteiger partial charge on any atom is -0.493 e. The minimum atomic E-state index is 0.445. The van der Waals surface area contributed by atoms with Gasteiger partial charge in [0.2, 0.25) is 0 Å². The second-order valence-electron chi connectivity index (χ2n) is 6.43. The molecule has 5 atom stereocenters. The van der Waals surface area contributed by atoms with Crippen LogP contribution in [0.1, 0.15) is 44.9 Å². The van der Waals surface area contributed by atoms with E-state index in [9.17, 15) is 0 Å². The summed E-state index contributed by atoms with van der Waals surface area (Å²) < 4.78 is 5.95. The first-order valence-electron chi connectivity index (χ1n) is 7.44. The van der Waals surface area contributed by atoms with Crippen LogP contribution in [0, 0.1) is 23.7 Å². The Hall–Kier alpha value is -0.720. The van der Waals surface area contributed by atoms with Crippen LogP contribution in [0.2, 0.25) is 0 Å². The van der Waals surface area contributed by atoms with Gasteiger partial charge in [0.25, 0.3) is 0 Å². The van der Waals surface area contributed by atoms with Crippen molar-refractivity contribution in [1.29, 1.82) is 0 Å². The van der Waals surface area contributed by atoms with Crippen molar-refractivity contribution in [3.63, 3.8) is 0 Å². The van der Waals surface area contributed by atoms with Crippen molar-refractivity contribution in [2.75, 3.05) is 0 Å². The van der Waals surface area contributed by atoms with Crippen LogP contribution in [0.4, 0.5) is 0 Å². The third-order valence-electron chi connectivity index (χ3n) is 5.82. The van der Waals surface area contributed by atoms with Crippen LogP contribution in [0.15, 0.2) is 24.0 Å². The molecule has 0 bridgehead atoms. The molecule has 1 heterocycles. The van der Waals surface area contributed by atoms with Crippen molar-refractivity contribution in [2.24, 2.45) is 23.7 Å². The second kappa shape index (κ2) is 3.90. The molecule has 0 saturated heterocycles. The Balaban J connectivity index is 1.61. The van der Waals surface area contributed by atoms with Gasteiger partial charge in [-0.1, -0.05) is 18.9 Å². The maximum atomic E-state index is 5.95. The molecule has 3 fully saturated rings. The van der Waals surface area contributed by atoms with Crippen LogP contribution < -0.4 is 0 Å². The summed E-state index contributed by atoms with van der Waals surface area (Å²) in [7, 11) is 0. The zero-order valence-corrected chi connectivity index (χ0v) is 10.5.